The summed E-state index contributed by atoms with van der Waals surface area (Å²) in [5, 5.41) is 15.3. The van der Waals surface area contributed by atoms with Crippen LogP contribution in [0.3, 0.4) is 0 Å². The largest absolute Gasteiger partial charge is 0.392 e. The van der Waals surface area contributed by atoms with Crippen LogP contribution < -0.4 is 15.1 Å². The molecule has 0 unspecified atom stereocenters. The van der Waals surface area contributed by atoms with E-state index >= 15 is 0 Å². The van der Waals surface area contributed by atoms with Gasteiger partial charge in [-0.1, -0.05) is 38.8 Å². The van der Waals surface area contributed by atoms with Crippen LogP contribution in [0.2, 0.25) is 0 Å². The maximum Gasteiger partial charge on any atom is 0.257 e. The van der Waals surface area contributed by atoms with Crippen LogP contribution in [0.5, 0.6) is 0 Å². The number of hydrogen-bond acceptors (Lipinski definition) is 5. The van der Waals surface area contributed by atoms with Gasteiger partial charge >= 0.3 is 0 Å². The van der Waals surface area contributed by atoms with E-state index in [0.717, 1.165) is 31.5 Å². The van der Waals surface area contributed by atoms with Crippen LogP contribution >= 0.6 is 11.3 Å². The molecule has 2 aliphatic carbocycles. The molecule has 8 nitrogen and oxygen atoms in total. The van der Waals surface area contributed by atoms with Crippen molar-refractivity contribution < 1.29 is 24.5 Å². The van der Waals surface area contributed by atoms with E-state index < -0.39 is 6.10 Å². The minimum atomic E-state index is -0.614. The Balaban J connectivity index is 1.25. The average Bonchev–Trinajstić information content (AvgIpc) is 3.35. The number of fused-ring (bicyclic) bond motifs is 2. The summed E-state index contributed by atoms with van der Waals surface area (Å²) in [6.45, 7) is 12.3. The van der Waals surface area contributed by atoms with E-state index in [1.807, 2.05) is 19.1 Å². The molecular formula is C33H47N5O3S+2. The number of amides is 2. The normalized spacial score (nSPS) is 31.3. The molecule has 0 radical (unpaired) electrons. The Hall–Kier alpha value is -2.77. The number of likely N-dealkylation sites (N-methyl/N-ethyl adjacent to an activating group) is 1. The third-order valence-corrected chi connectivity index (χ3v) is 11.3. The van der Waals surface area contributed by atoms with Gasteiger partial charge in [-0.15, -0.1) is 17.8 Å². The summed E-state index contributed by atoms with van der Waals surface area (Å²) in [6.07, 6.45) is 7.35. The lowest BCUT2D eigenvalue weighted by atomic mass is 9.53. The van der Waals surface area contributed by atoms with Gasteiger partial charge in [-0.05, 0) is 48.6 Å². The lowest BCUT2D eigenvalue weighted by Gasteiger charge is -2.53. The third kappa shape index (κ3) is 6.14. The van der Waals surface area contributed by atoms with Gasteiger partial charge in [0, 0.05) is 34.9 Å². The van der Waals surface area contributed by atoms with Gasteiger partial charge in [0.2, 0.25) is 5.91 Å². The van der Waals surface area contributed by atoms with Crippen molar-refractivity contribution in [2.75, 3.05) is 52.1 Å². The van der Waals surface area contributed by atoms with Crippen molar-refractivity contribution in [3.8, 4) is 12.3 Å². The Morgan fingerprint density at radius 1 is 1.26 bits per heavy atom. The first-order chi connectivity index (χ1) is 20.0. The highest BCUT2D eigenvalue weighted by Crippen LogP contribution is 2.57. The zero-order chi connectivity index (χ0) is 30.2. The second-order valence-electron chi connectivity index (χ2n) is 13.4. The van der Waals surface area contributed by atoms with Crippen molar-refractivity contribution in [1.29, 1.82) is 0 Å². The zero-order valence-corrected chi connectivity index (χ0v) is 26.5. The van der Waals surface area contributed by atoms with Crippen LogP contribution in [-0.2, 0) is 17.8 Å². The van der Waals surface area contributed by atoms with Crippen LogP contribution in [0.25, 0.3) is 0 Å². The molecule has 1 saturated heterocycles. The fraction of sp³-hybridized carbons (Fsp3) is 0.606. The Kier molecular flexibility index (Phi) is 9.10. The quantitative estimate of drug-likeness (QED) is 0.362. The lowest BCUT2D eigenvalue weighted by molar-refractivity contribution is -1.01. The Labute approximate surface area is 254 Å². The summed E-state index contributed by atoms with van der Waals surface area (Å²) in [4.78, 5) is 37.0. The molecule has 5 rings (SSSR count). The molecule has 2 fully saturated rings. The topological polar surface area (TPSA) is 91.4 Å². The van der Waals surface area contributed by atoms with Gasteiger partial charge in [-0.2, -0.15) is 0 Å². The number of nitrogens with zero attached hydrogens (tertiary/aromatic N) is 2. The number of anilines is 1. The van der Waals surface area contributed by atoms with Crippen molar-refractivity contribution in [1.82, 2.24) is 9.88 Å². The van der Waals surface area contributed by atoms with E-state index in [1.165, 1.54) is 36.6 Å². The fourth-order valence-electron chi connectivity index (χ4n) is 7.78. The molecule has 42 heavy (non-hydrogen) atoms. The molecule has 9 heteroatoms. The second-order valence-corrected chi connectivity index (χ2v) is 14.5. The minimum absolute atomic E-state index is 0.0148. The number of piperazine rings is 1. The number of quaternary nitrogens is 2. The number of aliphatic hydroxyl groups excluding tert-OH is 1. The molecule has 4 N–H and O–H groups in total. The van der Waals surface area contributed by atoms with Crippen LogP contribution in [-0.4, -0.2) is 79.7 Å². The molecule has 0 bridgehead atoms. The summed E-state index contributed by atoms with van der Waals surface area (Å²) in [6, 6.07) is 7.97. The van der Waals surface area contributed by atoms with Crippen LogP contribution in [0.15, 0.2) is 24.3 Å². The summed E-state index contributed by atoms with van der Waals surface area (Å²) in [7, 11) is 3.98. The highest BCUT2D eigenvalue weighted by atomic mass is 32.1. The second kappa shape index (κ2) is 12.5. The van der Waals surface area contributed by atoms with E-state index in [2.05, 4.69) is 44.3 Å². The van der Waals surface area contributed by atoms with Crippen molar-refractivity contribution in [2.24, 2.45) is 23.2 Å². The van der Waals surface area contributed by atoms with Crippen molar-refractivity contribution >= 4 is 28.3 Å². The minimum Gasteiger partial charge on any atom is -0.392 e. The number of rotatable bonds is 7. The van der Waals surface area contributed by atoms with Crippen molar-refractivity contribution in [3.05, 3.63) is 46.0 Å². The Morgan fingerprint density at radius 2 is 1.95 bits per heavy atom. The number of aromatic nitrogens is 1. The molecule has 1 aromatic carbocycles. The molecule has 2 aromatic rings. The molecule has 3 aliphatic rings. The Bertz CT molecular complexity index is 1330. The number of nitrogens with one attached hydrogen (secondary N) is 3. The van der Waals surface area contributed by atoms with Crippen LogP contribution in [0, 0.1) is 35.5 Å². The maximum atomic E-state index is 13.2. The molecule has 2 amide bonds. The number of thiazole rings is 1. The summed E-state index contributed by atoms with van der Waals surface area (Å²) in [5.41, 5.74) is 2.76. The molecule has 226 valence electrons. The van der Waals surface area contributed by atoms with Gasteiger partial charge in [0.1, 0.15) is 32.7 Å². The Morgan fingerprint density at radius 3 is 2.62 bits per heavy atom. The standard InChI is InChI=1S/C33H45N5O3S/c1-7-14-37(6)31(41)21(2)25-12-13-33(4)19-26-28(22(3)27(33)29(25)39)34-32(42-26)35-30(40)24-10-8-23(9-11-24)20-38-17-15-36(5)16-18-38/h1,8-11,21-22,25,27,29,39H,12-20H2,2-6H3,(H,34,35,40)/p+2/t21-,22-,25-,27+,29-,33+/m0/s1. The number of terminal acetylenes is 1. The third-order valence-electron chi connectivity index (χ3n) is 10.4. The zero-order valence-electron chi connectivity index (χ0n) is 25.7. The van der Waals surface area contributed by atoms with E-state index in [9.17, 15) is 14.7 Å². The smallest absolute Gasteiger partial charge is 0.257 e. The number of benzene rings is 1. The summed E-state index contributed by atoms with van der Waals surface area (Å²) < 4.78 is 0. The summed E-state index contributed by atoms with van der Waals surface area (Å²) >= 11 is 1.56. The number of carbonyl (C=O) groups excluding carboxylic acids is 2. The van der Waals surface area contributed by atoms with Crippen molar-refractivity contribution in [3.63, 3.8) is 0 Å². The first-order valence-corrected chi connectivity index (χ1v) is 16.2. The number of aliphatic hydroxyl groups is 1. The lowest BCUT2D eigenvalue weighted by Crippen LogP contribution is -3.26. The van der Waals surface area contributed by atoms with Gasteiger partial charge in [0.15, 0.2) is 5.13 Å². The van der Waals surface area contributed by atoms with Gasteiger partial charge in [-0.25, -0.2) is 4.98 Å². The number of carbonyl (C=O) groups is 2. The van der Waals surface area contributed by atoms with E-state index in [-0.39, 0.29) is 47.4 Å². The van der Waals surface area contributed by atoms with E-state index in [4.69, 9.17) is 11.4 Å². The van der Waals surface area contributed by atoms with Crippen LogP contribution in [0.4, 0.5) is 5.13 Å². The monoisotopic (exact) mass is 593 g/mol. The number of hydrogen-bond donors (Lipinski definition) is 4. The molecule has 6 atom stereocenters. The van der Waals surface area contributed by atoms with Crippen LogP contribution in [0.1, 0.15) is 66.0 Å². The highest BCUT2D eigenvalue weighted by Gasteiger charge is 2.54. The molecule has 1 saturated carbocycles. The highest BCUT2D eigenvalue weighted by molar-refractivity contribution is 7.15. The molecule has 0 spiro atoms. The first-order valence-electron chi connectivity index (χ1n) is 15.4. The summed E-state index contributed by atoms with van der Waals surface area (Å²) in [5.74, 6) is 1.94. The fourth-order valence-corrected chi connectivity index (χ4v) is 9.04. The molecular weight excluding hydrogens is 546 g/mol. The maximum absolute atomic E-state index is 13.2. The van der Waals surface area contributed by atoms with E-state index in [0.29, 0.717) is 10.7 Å². The SMILES string of the molecule is C#CCN(C)C(=O)[C@@H](C)[C@@H]1CC[C@]2(C)Cc3sc(NC(=O)c4ccc(C[NH+]5CC[NH+](C)CC5)cc4)nc3[C@@H](C)[C@@H]2[C@H]1O. The van der Waals surface area contributed by atoms with Gasteiger partial charge in [-0.3, -0.25) is 14.9 Å². The predicted molar refractivity (Wildman–Crippen MR) is 166 cm³/mol. The average molecular weight is 594 g/mol. The van der Waals surface area contributed by atoms with E-state index in [1.54, 1.807) is 33.1 Å². The molecule has 2 heterocycles. The first kappa shape index (κ1) is 30.7. The van der Waals surface area contributed by atoms with Crippen molar-refractivity contribution in [2.45, 2.75) is 58.6 Å². The van der Waals surface area contributed by atoms with Gasteiger partial charge < -0.3 is 19.8 Å². The van der Waals surface area contributed by atoms with Gasteiger partial charge in [0.25, 0.3) is 5.91 Å². The molecule has 1 aromatic heterocycles. The predicted octanol–water partition coefficient (Wildman–Crippen LogP) is 1.09. The molecule has 1 aliphatic heterocycles. The van der Waals surface area contributed by atoms with Gasteiger partial charge in [0.05, 0.1) is 25.4 Å².